The van der Waals surface area contributed by atoms with Gasteiger partial charge in [-0.1, -0.05) is 0 Å². The summed E-state index contributed by atoms with van der Waals surface area (Å²) in [7, 11) is 0. The number of carbonyl (C=O) groups is 1. The number of nitrogens with zero attached hydrogens (tertiary/aromatic N) is 2. The quantitative estimate of drug-likeness (QED) is 0.889. The van der Waals surface area contributed by atoms with Gasteiger partial charge in [0.05, 0.1) is 25.3 Å². The SMILES string of the molecule is Cc1ccc(-c2cc(C(=O)N[C@H]3COC[C@@H]3N3CCCC3)n[nH]2)o1. The Morgan fingerprint density at radius 3 is 2.92 bits per heavy atom. The molecule has 128 valence electrons. The van der Waals surface area contributed by atoms with E-state index in [9.17, 15) is 4.79 Å². The number of aromatic nitrogens is 2. The van der Waals surface area contributed by atoms with Crippen molar-refractivity contribution in [1.82, 2.24) is 20.4 Å². The van der Waals surface area contributed by atoms with Gasteiger partial charge in [-0.25, -0.2) is 0 Å². The van der Waals surface area contributed by atoms with Gasteiger partial charge in [0, 0.05) is 6.07 Å². The van der Waals surface area contributed by atoms with Gasteiger partial charge in [-0.05, 0) is 45.0 Å². The van der Waals surface area contributed by atoms with E-state index < -0.39 is 0 Å². The molecule has 24 heavy (non-hydrogen) atoms. The molecular formula is C17H22N4O3. The van der Waals surface area contributed by atoms with Gasteiger partial charge in [-0.3, -0.25) is 14.8 Å². The monoisotopic (exact) mass is 330 g/mol. The van der Waals surface area contributed by atoms with Crippen LogP contribution >= 0.6 is 0 Å². The van der Waals surface area contributed by atoms with Crippen LogP contribution < -0.4 is 5.32 Å². The molecule has 2 atom stereocenters. The van der Waals surface area contributed by atoms with Crippen LogP contribution in [0.4, 0.5) is 0 Å². The molecule has 2 N–H and O–H groups in total. The van der Waals surface area contributed by atoms with Crippen molar-refractivity contribution in [3.05, 3.63) is 29.7 Å². The van der Waals surface area contributed by atoms with E-state index in [-0.39, 0.29) is 18.0 Å². The van der Waals surface area contributed by atoms with Crippen molar-refractivity contribution < 1.29 is 13.9 Å². The van der Waals surface area contributed by atoms with E-state index in [2.05, 4.69) is 20.4 Å². The summed E-state index contributed by atoms with van der Waals surface area (Å²) >= 11 is 0. The highest BCUT2D eigenvalue weighted by Crippen LogP contribution is 2.21. The maximum Gasteiger partial charge on any atom is 0.272 e. The van der Waals surface area contributed by atoms with Gasteiger partial charge >= 0.3 is 0 Å². The van der Waals surface area contributed by atoms with E-state index >= 15 is 0 Å². The average molecular weight is 330 g/mol. The summed E-state index contributed by atoms with van der Waals surface area (Å²) in [6.45, 7) is 5.30. The van der Waals surface area contributed by atoms with E-state index in [4.69, 9.17) is 9.15 Å². The average Bonchev–Trinajstić information content (AvgIpc) is 3.34. The molecule has 2 aliphatic heterocycles. The van der Waals surface area contributed by atoms with E-state index in [1.807, 2.05) is 19.1 Å². The molecule has 0 bridgehead atoms. The summed E-state index contributed by atoms with van der Waals surface area (Å²) in [5, 5.41) is 10.0. The van der Waals surface area contributed by atoms with Gasteiger partial charge < -0.3 is 14.5 Å². The van der Waals surface area contributed by atoms with Crippen LogP contribution in [0, 0.1) is 6.92 Å². The van der Waals surface area contributed by atoms with Crippen molar-refractivity contribution >= 4 is 5.91 Å². The van der Waals surface area contributed by atoms with Crippen LogP contribution in [0.5, 0.6) is 0 Å². The van der Waals surface area contributed by atoms with Crippen molar-refractivity contribution in [1.29, 1.82) is 0 Å². The molecule has 2 fully saturated rings. The molecule has 0 spiro atoms. The Balaban J connectivity index is 1.43. The number of likely N-dealkylation sites (tertiary alicyclic amines) is 1. The third-order valence-corrected chi connectivity index (χ3v) is 4.79. The first-order chi connectivity index (χ1) is 11.7. The van der Waals surface area contributed by atoms with Crippen LogP contribution in [0.2, 0.25) is 0 Å². The van der Waals surface area contributed by atoms with Crippen molar-refractivity contribution in [3.8, 4) is 11.5 Å². The Bertz CT molecular complexity index is 717. The number of H-pyrrole nitrogens is 1. The number of furan rings is 1. The van der Waals surface area contributed by atoms with Crippen molar-refractivity contribution in [2.45, 2.75) is 31.8 Å². The Hall–Kier alpha value is -2.12. The number of hydrogen-bond acceptors (Lipinski definition) is 5. The molecule has 2 aromatic heterocycles. The maximum atomic E-state index is 12.5. The lowest BCUT2D eigenvalue weighted by Gasteiger charge is -2.27. The number of aromatic amines is 1. The minimum atomic E-state index is -0.180. The highest BCUT2D eigenvalue weighted by molar-refractivity contribution is 5.93. The summed E-state index contributed by atoms with van der Waals surface area (Å²) in [6.07, 6.45) is 2.45. The Morgan fingerprint density at radius 2 is 2.17 bits per heavy atom. The molecule has 2 aromatic rings. The van der Waals surface area contributed by atoms with Gasteiger partial charge in [0.25, 0.3) is 5.91 Å². The zero-order valence-electron chi connectivity index (χ0n) is 13.7. The molecule has 0 aliphatic carbocycles. The zero-order chi connectivity index (χ0) is 16.5. The molecule has 1 amide bonds. The number of rotatable bonds is 4. The van der Waals surface area contributed by atoms with Crippen LogP contribution in [0.3, 0.4) is 0 Å². The fraction of sp³-hybridized carbons (Fsp3) is 0.529. The number of carbonyl (C=O) groups excluding carboxylic acids is 1. The first-order valence-electron chi connectivity index (χ1n) is 8.45. The van der Waals surface area contributed by atoms with Crippen molar-refractivity contribution in [2.24, 2.45) is 0 Å². The maximum absolute atomic E-state index is 12.5. The Morgan fingerprint density at radius 1 is 1.33 bits per heavy atom. The van der Waals surface area contributed by atoms with Crippen molar-refractivity contribution in [2.75, 3.05) is 26.3 Å². The molecule has 2 saturated heterocycles. The lowest BCUT2D eigenvalue weighted by atomic mass is 10.1. The van der Waals surface area contributed by atoms with Crippen molar-refractivity contribution in [3.63, 3.8) is 0 Å². The predicted octanol–water partition coefficient (Wildman–Crippen LogP) is 1.57. The van der Waals surface area contributed by atoms with E-state index in [1.54, 1.807) is 6.07 Å². The summed E-state index contributed by atoms with van der Waals surface area (Å²) in [4.78, 5) is 14.9. The summed E-state index contributed by atoms with van der Waals surface area (Å²) in [5.74, 6) is 1.32. The Kier molecular flexibility index (Phi) is 4.12. The first kappa shape index (κ1) is 15.4. The standard InChI is InChI=1S/C17H22N4O3/c1-11-4-5-16(24-11)12-8-13(20-19-12)17(22)18-14-9-23-10-15(14)21-6-2-3-7-21/h4-5,8,14-15H,2-3,6-7,9-10H2,1H3,(H,18,22)(H,19,20)/t14-,15-/m0/s1. The highest BCUT2D eigenvalue weighted by atomic mass is 16.5. The highest BCUT2D eigenvalue weighted by Gasteiger charge is 2.35. The second-order valence-electron chi connectivity index (χ2n) is 6.50. The van der Waals surface area contributed by atoms with Crippen LogP contribution in [0.25, 0.3) is 11.5 Å². The molecule has 0 aromatic carbocycles. The Labute approximate surface area is 140 Å². The molecule has 0 unspecified atom stereocenters. The fourth-order valence-corrected chi connectivity index (χ4v) is 3.50. The van der Waals surface area contributed by atoms with E-state index in [1.165, 1.54) is 12.8 Å². The summed E-state index contributed by atoms with van der Waals surface area (Å²) in [6, 6.07) is 5.74. The largest absolute Gasteiger partial charge is 0.460 e. The minimum Gasteiger partial charge on any atom is -0.460 e. The fourth-order valence-electron chi connectivity index (χ4n) is 3.50. The predicted molar refractivity (Wildman–Crippen MR) is 87.7 cm³/mol. The minimum absolute atomic E-state index is 0.0154. The first-order valence-corrected chi connectivity index (χ1v) is 8.45. The second-order valence-corrected chi connectivity index (χ2v) is 6.50. The van der Waals surface area contributed by atoms with Crippen LogP contribution in [-0.2, 0) is 4.74 Å². The number of hydrogen-bond donors (Lipinski definition) is 2. The lowest BCUT2D eigenvalue weighted by Crippen LogP contribution is -2.50. The van der Waals surface area contributed by atoms with Crippen LogP contribution in [0.15, 0.2) is 22.6 Å². The normalized spacial score (nSPS) is 24.5. The molecule has 4 heterocycles. The molecule has 2 aliphatic rings. The third kappa shape index (κ3) is 2.97. The molecular weight excluding hydrogens is 308 g/mol. The summed E-state index contributed by atoms with van der Waals surface area (Å²) in [5.41, 5.74) is 1.07. The van der Waals surface area contributed by atoms with Gasteiger partial charge in [-0.15, -0.1) is 0 Å². The number of ether oxygens (including phenoxy) is 1. The topological polar surface area (TPSA) is 83.4 Å². The second kappa shape index (κ2) is 6.41. The molecule has 4 rings (SSSR count). The van der Waals surface area contributed by atoms with Crippen LogP contribution in [-0.4, -0.2) is 59.4 Å². The van der Waals surface area contributed by atoms with Gasteiger partial charge in [0.1, 0.15) is 11.5 Å². The van der Waals surface area contributed by atoms with Crippen LogP contribution in [0.1, 0.15) is 29.1 Å². The van der Waals surface area contributed by atoms with Gasteiger partial charge in [-0.2, -0.15) is 5.10 Å². The van der Waals surface area contributed by atoms with Gasteiger partial charge in [0.2, 0.25) is 0 Å². The lowest BCUT2D eigenvalue weighted by molar-refractivity contribution is 0.0911. The van der Waals surface area contributed by atoms with E-state index in [0.717, 1.165) is 18.8 Å². The third-order valence-electron chi connectivity index (χ3n) is 4.79. The molecule has 0 saturated carbocycles. The number of aryl methyl sites for hydroxylation is 1. The van der Waals surface area contributed by atoms with E-state index in [0.29, 0.717) is 30.4 Å². The molecule has 7 heteroatoms. The number of amides is 1. The molecule has 0 radical (unpaired) electrons. The van der Waals surface area contributed by atoms with Gasteiger partial charge in [0.15, 0.2) is 11.5 Å². The molecule has 7 nitrogen and oxygen atoms in total. The number of nitrogens with one attached hydrogen (secondary N) is 2. The smallest absolute Gasteiger partial charge is 0.272 e. The summed E-state index contributed by atoms with van der Waals surface area (Å²) < 4.78 is 11.1. The zero-order valence-corrected chi connectivity index (χ0v) is 13.7.